The summed E-state index contributed by atoms with van der Waals surface area (Å²) in [6.07, 6.45) is 8.10. The standard InChI is InChI=1S/C24H27ClN4O/c1-3-20-22(24(30)27-18-9-5-4-6-10-18)28-23(21-16(2)8-7-15-26-21)29(20)19-13-11-17(25)12-14-19/h7-8,11-15,18H,3-6,9-10H2,1-2H3,(H,27,30). The van der Waals surface area contributed by atoms with Gasteiger partial charge in [-0.15, -0.1) is 0 Å². The predicted molar refractivity (Wildman–Crippen MR) is 120 cm³/mol. The third-order valence-corrected chi connectivity index (χ3v) is 6.02. The van der Waals surface area contributed by atoms with Crippen molar-refractivity contribution in [1.82, 2.24) is 19.9 Å². The molecule has 1 amide bonds. The normalized spacial score (nSPS) is 14.6. The fourth-order valence-corrected chi connectivity index (χ4v) is 4.34. The van der Waals surface area contributed by atoms with Crippen LogP contribution in [0.5, 0.6) is 0 Å². The highest BCUT2D eigenvalue weighted by Gasteiger charge is 2.26. The molecule has 0 bridgehead atoms. The van der Waals surface area contributed by atoms with Crippen LogP contribution in [0.1, 0.15) is 60.8 Å². The van der Waals surface area contributed by atoms with Gasteiger partial charge in [-0.1, -0.05) is 43.9 Å². The molecule has 1 fully saturated rings. The summed E-state index contributed by atoms with van der Waals surface area (Å²) in [5.74, 6) is 0.586. The average Bonchev–Trinajstić information content (AvgIpc) is 3.15. The SMILES string of the molecule is CCc1c(C(=O)NC2CCCCC2)nc(-c2ncccc2C)n1-c1ccc(Cl)cc1. The van der Waals surface area contributed by atoms with Crippen LogP contribution in [0.2, 0.25) is 5.02 Å². The molecule has 0 spiro atoms. The summed E-state index contributed by atoms with van der Waals surface area (Å²) in [5, 5.41) is 3.89. The van der Waals surface area contributed by atoms with Gasteiger partial charge >= 0.3 is 0 Å². The number of aryl methyl sites for hydroxylation is 1. The molecular weight excluding hydrogens is 396 g/mol. The fourth-order valence-electron chi connectivity index (χ4n) is 4.21. The minimum atomic E-state index is -0.0960. The van der Waals surface area contributed by atoms with Crippen LogP contribution in [0.25, 0.3) is 17.2 Å². The molecule has 0 saturated heterocycles. The lowest BCUT2D eigenvalue weighted by Crippen LogP contribution is -2.36. The molecule has 2 heterocycles. The van der Waals surface area contributed by atoms with Crippen molar-refractivity contribution in [1.29, 1.82) is 0 Å². The molecule has 0 radical (unpaired) electrons. The summed E-state index contributed by atoms with van der Waals surface area (Å²) < 4.78 is 2.04. The Bertz CT molecular complexity index is 1040. The number of nitrogens with zero attached hydrogens (tertiary/aromatic N) is 3. The number of nitrogens with one attached hydrogen (secondary N) is 1. The lowest BCUT2D eigenvalue weighted by molar-refractivity contribution is 0.0922. The van der Waals surface area contributed by atoms with Gasteiger partial charge in [0.1, 0.15) is 5.69 Å². The third kappa shape index (κ3) is 4.12. The summed E-state index contributed by atoms with van der Waals surface area (Å²) in [7, 11) is 0. The van der Waals surface area contributed by atoms with Crippen LogP contribution in [0.15, 0.2) is 42.6 Å². The lowest BCUT2D eigenvalue weighted by atomic mass is 9.95. The van der Waals surface area contributed by atoms with Gasteiger partial charge in [-0.25, -0.2) is 4.98 Å². The summed E-state index contributed by atoms with van der Waals surface area (Å²) in [5.41, 5.74) is 4.07. The minimum Gasteiger partial charge on any atom is -0.348 e. The lowest BCUT2D eigenvalue weighted by Gasteiger charge is -2.22. The van der Waals surface area contributed by atoms with E-state index in [1.165, 1.54) is 19.3 Å². The quantitative estimate of drug-likeness (QED) is 0.588. The van der Waals surface area contributed by atoms with Gasteiger partial charge in [0, 0.05) is 22.9 Å². The van der Waals surface area contributed by atoms with Crippen molar-refractivity contribution >= 4 is 17.5 Å². The Kier molecular flexibility index (Phi) is 6.18. The van der Waals surface area contributed by atoms with Gasteiger partial charge in [-0.05, 0) is 62.1 Å². The van der Waals surface area contributed by atoms with E-state index in [9.17, 15) is 4.79 Å². The second-order valence-electron chi connectivity index (χ2n) is 7.87. The van der Waals surface area contributed by atoms with E-state index in [1.807, 2.05) is 47.9 Å². The van der Waals surface area contributed by atoms with E-state index in [2.05, 4.69) is 17.2 Å². The van der Waals surface area contributed by atoms with E-state index in [-0.39, 0.29) is 11.9 Å². The first-order valence-electron chi connectivity index (χ1n) is 10.7. The Morgan fingerprint density at radius 2 is 1.90 bits per heavy atom. The summed E-state index contributed by atoms with van der Waals surface area (Å²) >= 11 is 6.12. The molecule has 2 aromatic heterocycles. The molecular formula is C24H27ClN4O. The maximum absolute atomic E-state index is 13.2. The second kappa shape index (κ2) is 9.00. The van der Waals surface area contributed by atoms with Gasteiger partial charge in [0.05, 0.1) is 5.69 Å². The first-order valence-corrected chi connectivity index (χ1v) is 11.1. The van der Waals surface area contributed by atoms with Crippen LogP contribution in [0, 0.1) is 6.92 Å². The van der Waals surface area contributed by atoms with Gasteiger partial charge in [-0.3, -0.25) is 14.3 Å². The van der Waals surface area contributed by atoms with Crippen molar-refractivity contribution < 1.29 is 4.79 Å². The van der Waals surface area contributed by atoms with Gasteiger partial charge in [0.15, 0.2) is 11.5 Å². The van der Waals surface area contributed by atoms with Crippen molar-refractivity contribution in [2.45, 2.75) is 58.4 Å². The molecule has 0 aliphatic heterocycles. The first-order chi connectivity index (χ1) is 14.6. The Hall–Kier alpha value is -2.66. The van der Waals surface area contributed by atoms with E-state index in [0.29, 0.717) is 23.0 Å². The molecule has 30 heavy (non-hydrogen) atoms. The van der Waals surface area contributed by atoms with Crippen LogP contribution in [-0.4, -0.2) is 26.5 Å². The zero-order valence-electron chi connectivity index (χ0n) is 17.5. The maximum atomic E-state index is 13.2. The van der Waals surface area contributed by atoms with Gasteiger partial charge < -0.3 is 5.32 Å². The summed E-state index contributed by atoms with van der Waals surface area (Å²) in [6, 6.07) is 11.8. The largest absolute Gasteiger partial charge is 0.348 e. The van der Waals surface area contributed by atoms with Crippen LogP contribution in [-0.2, 0) is 6.42 Å². The number of halogens is 1. The number of imidazole rings is 1. The van der Waals surface area contributed by atoms with Crippen molar-refractivity contribution in [3.05, 3.63) is 64.6 Å². The third-order valence-electron chi connectivity index (χ3n) is 5.77. The zero-order valence-corrected chi connectivity index (χ0v) is 18.2. The monoisotopic (exact) mass is 422 g/mol. The van der Waals surface area contributed by atoms with Crippen LogP contribution in [0.4, 0.5) is 0 Å². The number of hydrogen-bond donors (Lipinski definition) is 1. The molecule has 156 valence electrons. The Morgan fingerprint density at radius 3 is 2.57 bits per heavy atom. The molecule has 0 atom stereocenters. The fraction of sp³-hybridized carbons (Fsp3) is 0.375. The Labute approximate surface area is 182 Å². The van der Waals surface area contributed by atoms with Crippen LogP contribution >= 0.6 is 11.6 Å². The van der Waals surface area contributed by atoms with Crippen molar-refractivity contribution in [2.24, 2.45) is 0 Å². The molecule has 5 nitrogen and oxygen atoms in total. The Balaban J connectivity index is 1.83. The molecule has 6 heteroatoms. The Morgan fingerprint density at radius 1 is 1.17 bits per heavy atom. The van der Waals surface area contributed by atoms with E-state index < -0.39 is 0 Å². The molecule has 0 unspecified atom stereocenters. The van der Waals surface area contributed by atoms with Crippen LogP contribution < -0.4 is 5.32 Å². The van der Waals surface area contributed by atoms with Crippen LogP contribution in [0.3, 0.4) is 0 Å². The number of hydrogen-bond acceptors (Lipinski definition) is 3. The van der Waals surface area contributed by atoms with E-state index >= 15 is 0 Å². The highest BCUT2D eigenvalue weighted by Crippen LogP contribution is 2.29. The molecule has 1 N–H and O–H groups in total. The van der Waals surface area contributed by atoms with Crippen molar-refractivity contribution in [3.8, 4) is 17.2 Å². The minimum absolute atomic E-state index is 0.0960. The number of pyridine rings is 1. The number of aromatic nitrogens is 3. The summed E-state index contributed by atoms with van der Waals surface area (Å²) in [6.45, 7) is 4.06. The highest BCUT2D eigenvalue weighted by molar-refractivity contribution is 6.30. The predicted octanol–water partition coefficient (Wildman–Crippen LogP) is 5.52. The van der Waals surface area contributed by atoms with Crippen molar-refractivity contribution in [2.75, 3.05) is 0 Å². The molecule has 3 aromatic rings. The number of carbonyl (C=O) groups excluding carboxylic acids is 1. The molecule has 1 aliphatic carbocycles. The van der Waals surface area contributed by atoms with E-state index in [0.717, 1.165) is 35.5 Å². The van der Waals surface area contributed by atoms with Gasteiger partial charge in [0.2, 0.25) is 0 Å². The molecule has 1 saturated carbocycles. The molecule has 4 rings (SSSR count). The zero-order chi connectivity index (χ0) is 21.1. The first kappa shape index (κ1) is 20.6. The molecule has 1 aromatic carbocycles. The van der Waals surface area contributed by atoms with Crippen molar-refractivity contribution in [3.63, 3.8) is 0 Å². The van der Waals surface area contributed by atoms with E-state index in [4.69, 9.17) is 16.6 Å². The number of amides is 1. The summed E-state index contributed by atoms with van der Waals surface area (Å²) in [4.78, 5) is 22.6. The number of benzene rings is 1. The average molecular weight is 423 g/mol. The van der Waals surface area contributed by atoms with E-state index in [1.54, 1.807) is 6.20 Å². The number of carbonyl (C=O) groups is 1. The van der Waals surface area contributed by atoms with Gasteiger partial charge in [-0.2, -0.15) is 0 Å². The maximum Gasteiger partial charge on any atom is 0.272 e. The smallest absolute Gasteiger partial charge is 0.272 e. The van der Waals surface area contributed by atoms with Gasteiger partial charge in [0.25, 0.3) is 5.91 Å². The second-order valence-corrected chi connectivity index (χ2v) is 8.31. The topological polar surface area (TPSA) is 59.8 Å². The number of rotatable bonds is 5. The molecule has 1 aliphatic rings. The highest BCUT2D eigenvalue weighted by atomic mass is 35.5.